The third-order valence-electron chi connectivity index (χ3n) is 7.95. The van der Waals surface area contributed by atoms with Crippen LogP contribution in [-0.2, 0) is 4.79 Å². The van der Waals surface area contributed by atoms with Crippen molar-refractivity contribution in [3.8, 4) is 0 Å². The van der Waals surface area contributed by atoms with Crippen molar-refractivity contribution in [2.24, 2.45) is 0 Å². The summed E-state index contributed by atoms with van der Waals surface area (Å²) in [7, 11) is 0. The largest absolute Gasteiger partial charge is 0.394 e. The van der Waals surface area contributed by atoms with Crippen molar-refractivity contribution >= 4 is 5.91 Å². The van der Waals surface area contributed by atoms with Gasteiger partial charge in [0, 0.05) is 0 Å². The van der Waals surface area contributed by atoms with Gasteiger partial charge in [-0.2, -0.15) is 0 Å². The predicted octanol–water partition coefficient (Wildman–Crippen LogP) is 9.26. The number of unbranched alkanes of at least 4 members (excludes halogenated alkanes) is 19. The maximum atomic E-state index is 12.3. The molecule has 246 valence electrons. The number of hydrogen-bond acceptors (Lipinski definition) is 4. The Balaban J connectivity index is 3.77. The fraction of sp³-hybridized carbons (Fsp3) is 0.811. The number of rotatable bonds is 31. The first-order valence-electron chi connectivity index (χ1n) is 17.8. The van der Waals surface area contributed by atoms with Crippen LogP contribution in [0.3, 0.4) is 0 Å². The van der Waals surface area contributed by atoms with Crippen molar-refractivity contribution in [2.75, 3.05) is 6.61 Å². The second-order valence-corrected chi connectivity index (χ2v) is 12.1. The van der Waals surface area contributed by atoms with Gasteiger partial charge >= 0.3 is 0 Å². The highest BCUT2D eigenvalue weighted by molar-refractivity contribution is 5.80. The first-order valence-corrected chi connectivity index (χ1v) is 17.8. The van der Waals surface area contributed by atoms with Crippen molar-refractivity contribution in [3.63, 3.8) is 0 Å². The minimum Gasteiger partial charge on any atom is -0.394 e. The number of carbonyl (C=O) groups is 1. The van der Waals surface area contributed by atoms with Crippen LogP contribution in [0.2, 0.25) is 0 Å². The van der Waals surface area contributed by atoms with E-state index in [1.165, 1.54) is 109 Å². The van der Waals surface area contributed by atoms with Crippen LogP contribution in [-0.4, -0.2) is 46.1 Å². The summed E-state index contributed by atoms with van der Waals surface area (Å²) in [6, 6.07) is -0.813. The second-order valence-electron chi connectivity index (χ2n) is 12.1. The Kier molecular flexibility index (Phi) is 31.4. The number of carbonyl (C=O) groups excluding carboxylic acids is 1. The van der Waals surface area contributed by atoms with E-state index in [2.05, 4.69) is 43.5 Å². The molecule has 0 radical (unpaired) electrons. The van der Waals surface area contributed by atoms with Gasteiger partial charge in [0.2, 0.25) is 5.91 Å². The molecule has 0 heterocycles. The van der Waals surface area contributed by atoms with Crippen molar-refractivity contribution in [1.29, 1.82) is 0 Å². The van der Waals surface area contributed by atoms with E-state index in [9.17, 15) is 20.1 Å². The van der Waals surface area contributed by atoms with Crippen molar-refractivity contribution in [1.82, 2.24) is 5.32 Å². The van der Waals surface area contributed by atoms with Gasteiger partial charge in [0.15, 0.2) is 0 Å². The SMILES string of the molecule is CCCCCC/C=C/CC/C=C/C(O)C(CO)NC(=O)C(O)CCCCCCCC/C=C\CCCCCCCCCC. The molecule has 42 heavy (non-hydrogen) atoms. The van der Waals surface area contributed by atoms with Gasteiger partial charge in [-0.05, 0) is 57.8 Å². The summed E-state index contributed by atoms with van der Waals surface area (Å²) in [5, 5.41) is 32.8. The Bertz CT molecular complexity index is 660. The average molecular weight is 592 g/mol. The van der Waals surface area contributed by atoms with E-state index in [0.29, 0.717) is 6.42 Å². The Hall–Kier alpha value is -1.43. The van der Waals surface area contributed by atoms with Gasteiger partial charge in [-0.3, -0.25) is 4.79 Å². The van der Waals surface area contributed by atoms with Crippen molar-refractivity contribution < 1.29 is 20.1 Å². The van der Waals surface area contributed by atoms with Crippen LogP contribution >= 0.6 is 0 Å². The van der Waals surface area contributed by atoms with Crippen LogP contribution in [0, 0.1) is 0 Å². The molecule has 5 heteroatoms. The number of nitrogens with one attached hydrogen (secondary N) is 1. The van der Waals surface area contributed by atoms with E-state index in [1.54, 1.807) is 6.08 Å². The predicted molar refractivity (Wildman–Crippen MR) is 181 cm³/mol. The molecule has 0 saturated carbocycles. The van der Waals surface area contributed by atoms with Crippen LogP contribution in [0.1, 0.15) is 168 Å². The van der Waals surface area contributed by atoms with Gasteiger partial charge in [0.05, 0.1) is 18.8 Å². The lowest BCUT2D eigenvalue weighted by Gasteiger charge is -2.21. The lowest BCUT2D eigenvalue weighted by atomic mass is 10.0. The molecular weight excluding hydrogens is 522 g/mol. The van der Waals surface area contributed by atoms with Gasteiger partial charge in [0.1, 0.15) is 6.10 Å². The maximum Gasteiger partial charge on any atom is 0.249 e. The number of aliphatic hydroxyl groups excluding tert-OH is 3. The van der Waals surface area contributed by atoms with Gasteiger partial charge in [-0.1, -0.05) is 147 Å². The summed E-state index contributed by atoms with van der Waals surface area (Å²) in [5.41, 5.74) is 0. The zero-order valence-corrected chi connectivity index (χ0v) is 27.6. The second kappa shape index (κ2) is 32.5. The topological polar surface area (TPSA) is 89.8 Å². The lowest BCUT2D eigenvalue weighted by molar-refractivity contribution is -0.131. The fourth-order valence-electron chi connectivity index (χ4n) is 5.07. The molecule has 0 aliphatic carbocycles. The molecule has 4 N–H and O–H groups in total. The molecule has 0 fully saturated rings. The van der Waals surface area contributed by atoms with Gasteiger partial charge in [-0.15, -0.1) is 0 Å². The monoisotopic (exact) mass is 592 g/mol. The zero-order chi connectivity index (χ0) is 30.9. The highest BCUT2D eigenvalue weighted by Gasteiger charge is 2.22. The standard InChI is InChI=1S/C37H69NO4/c1-3-5-7-9-11-13-15-16-17-18-19-20-21-22-24-26-28-30-32-36(41)37(42)38-34(33-39)35(40)31-29-27-25-23-14-12-10-8-6-4-2/h14,18-19,23,29,31,34-36,39-41H,3-13,15-17,20-22,24-28,30,32-33H2,1-2H3,(H,38,42)/b19-18-,23-14+,31-29+. The summed E-state index contributed by atoms with van der Waals surface area (Å²) < 4.78 is 0. The van der Waals surface area contributed by atoms with Crippen LogP contribution in [0.4, 0.5) is 0 Å². The van der Waals surface area contributed by atoms with E-state index in [0.717, 1.165) is 38.5 Å². The number of hydrogen-bond donors (Lipinski definition) is 4. The smallest absolute Gasteiger partial charge is 0.249 e. The van der Waals surface area contributed by atoms with Gasteiger partial charge in [-0.25, -0.2) is 0 Å². The first kappa shape index (κ1) is 40.6. The zero-order valence-electron chi connectivity index (χ0n) is 27.6. The highest BCUT2D eigenvalue weighted by Crippen LogP contribution is 2.12. The number of allylic oxidation sites excluding steroid dienone is 5. The average Bonchev–Trinajstić information content (AvgIpc) is 2.99. The minimum atomic E-state index is -1.11. The Morgan fingerprint density at radius 3 is 1.48 bits per heavy atom. The maximum absolute atomic E-state index is 12.3. The lowest BCUT2D eigenvalue weighted by Crippen LogP contribution is -2.48. The summed E-state index contributed by atoms with van der Waals surface area (Å²) >= 11 is 0. The third-order valence-corrected chi connectivity index (χ3v) is 7.95. The summed E-state index contributed by atoms with van der Waals surface area (Å²) in [6.45, 7) is 4.11. The molecule has 0 rings (SSSR count). The Labute approximate surface area is 260 Å². The van der Waals surface area contributed by atoms with Crippen molar-refractivity contribution in [3.05, 3.63) is 36.5 Å². The van der Waals surface area contributed by atoms with E-state index in [-0.39, 0.29) is 6.61 Å². The van der Waals surface area contributed by atoms with Crippen LogP contribution in [0.25, 0.3) is 0 Å². The highest BCUT2D eigenvalue weighted by atomic mass is 16.3. The van der Waals surface area contributed by atoms with Crippen molar-refractivity contribution in [2.45, 2.75) is 186 Å². The summed E-state index contributed by atoms with van der Waals surface area (Å²) in [4.78, 5) is 12.3. The van der Waals surface area contributed by atoms with Crippen LogP contribution in [0.15, 0.2) is 36.5 Å². The first-order chi connectivity index (χ1) is 20.6. The molecule has 0 spiro atoms. The summed E-state index contributed by atoms with van der Waals surface area (Å²) in [5.74, 6) is -0.522. The number of aliphatic hydroxyl groups is 3. The van der Waals surface area contributed by atoms with Gasteiger partial charge < -0.3 is 20.6 Å². The molecule has 0 aromatic rings. The normalized spacial score (nSPS) is 14.3. The molecule has 0 aliphatic heterocycles. The van der Waals surface area contributed by atoms with E-state index < -0.39 is 24.2 Å². The van der Waals surface area contributed by atoms with Crippen LogP contribution < -0.4 is 5.32 Å². The Morgan fingerprint density at radius 1 is 0.571 bits per heavy atom. The fourth-order valence-corrected chi connectivity index (χ4v) is 5.07. The molecule has 0 bridgehead atoms. The third kappa shape index (κ3) is 27.4. The summed E-state index contributed by atoms with van der Waals surface area (Å²) in [6.07, 6.45) is 38.8. The van der Waals surface area contributed by atoms with E-state index in [4.69, 9.17) is 0 Å². The van der Waals surface area contributed by atoms with Crippen LogP contribution in [0.5, 0.6) is 0 Å². The molecule has 3 unspecified atom stereocenters. The molecular formula is C37H69NO4. The van der Waals surface area contributed by atoms with E-state index >= 15 is 0 Å². The van der Waals surface area contributed by atoms with E-state index in [1.807, 2.05) is 6.08 Å². The molecule has 1 amide bonds. The Morgan fingerprint density at radius 2 is 0.976 bits per heavy atom. The molecule has 5 nitrogen and oxygen atoms in total. The molecule has 0 saturated heterocycles. The number of amides is 1. The molecule has 0 aromatic heterocycles. The van der Waals surface area contributed by atoms with Gasteiger partial charge in [0.25, 0.3) is 0 Å². The quantitative estimate of drug-likeness (QED) is 0.0478. The molecule has 0 aliphatic rings. The molecule has 0 aromatic carbocycles. The minimum absolute atomic E-state index is 0.379. The molecule has 3 atom stereocenters.